The van der Waals surface area contributed by atoms with Crippen LogP contribution >= 0.6 is 0 Å². The number of nitrogens with one attached hydrogen (secondary N) is 1. The second-order valence-electron chi connectivity index (χ2n) is 7.13. The van der Waals surface area contributed by atoms with E-state index in [2.05, 4.69) is 5.32 Å². The summed E-state index contributed by atoms with van der Waals surface area (Å²) in [4.78, 5) is 24.0. The van der Waals surface area contributed by atoms with Crippen molar-refractivity contribution in [3.05, 3.63) is 47.0 Å². The minimum atomic E-state index is -1.01. The van der Waals surface area contributed by atoms with Crippen LogP contribution in [0.5, 0.6) is 17.2 Å². The Bertz CT molecular complexity index is 873. The first-order chi connectivity index (χ1) is 13.6. The molecule has 0 bridgehead atoms. The standard InChI is InChI=1S/C22H27NO6/c1-12(2)28-18-10-15(11-19(20(18)27-6)29-13(3)4)21(24)23-16-7-8-17(22(25)26)14(5)9-16/h7-13H,1-6H3,(H,23,24)(H,25,26). The van der Waals surface area contributed by atoms with Crippen LogP contribution in [0.3, 0.4) is 0 Å². The van der Waals surface area contributed by atoms with Gasteiger partial charge in [0.25, 0.3) is 5.91 Å². The zero-order valence-electron chi connectivity index (χ0n) is 17.5. The lowest BCUT2D eigenvalue weighted by molar-refractivity contribution is 0.0696. The smallest absolute Gasteiger partial charge is 0.335 e. The van der Waals surface area contributed by atoms with Crippen molar-refractivity contribution >= 4 is 17.6 Å². The van der Waals surface area contributed by atoms with Gasteiger partial charge in [-0.3, -0.25) is 4.79 Å². The minimum absolute atomic E-state index is 0.125. The maximum absolute atomic E-state index is 12.8. The van der Waals surface area contributed by atoms with Crippen molar-refractivity contribution in [2.45, 2.75) is 46.8 Å². The fraction of sp³-hybridized carbons (Fsp3) is 0.364. The maximum atomic E-state index is 12.8. The molecule has 29 heavy (non-hydrogen) atoms. The monoisotopic (exact) mass is 401 g/mol. The number of ether oxygens (including phenoxy) is 3. The zero-order chi connectivity index (χ0) is 21.7. The number of benzene rings is 2. The summed E-state index contributed by atoms with van der Waals surface area (Å²) in [6.45, 7) is 9.18. The van der Waals surface area contributed by atoms with Gasteiger partial charge in [0.2, 0.25) is 5.75 Å². The predicted molar refractivity (Wildman–Crippen MR) is 111 cm³/mol. The SMILES string of the molecule is COc1c(OC(C)C)cc(C(=O)Nc2ccc(C(=O)O)c(C)c2)cc1OC(C)C. The van der Waals surface area contributed by atoms with Crippen molar-refractivity contribution in [2.75, 3.05) is 12.4 Å². The van der Waals surface area contributed by atoms with Gasteiger partial charge >= 0.3 is 5.97 Å². The van der Waals surface area contributed by atoms with E-state index in [0.717, 1.165) is 0 Å². The molecule has 0 saturated carbocycles. The van der Waals surface area contributed by atoms with Gasteiger partial charge in [0, 0.05) is 11.3 Å². The third kappa shape index (κ3) is 5.63. The van der Waals surface area contributed by atoms with Crippen molar-refractivity contribution < 1.29 is 28.9 Å². The number of carbonyl (C=O) groups is 2. The Labute approximate surface area is 170 Å². The Morgan fingerprint density at radius 3 is 1.93 bits per heavy atom. The van der Waals surface area contributed by atoms with Gasteiger partial charge in [-0.2, -0.15) is 0 Å². The van der Waals surface area contributed by atoms with Crippen molar-refractivity contribution in [2.24, 2.45) is 0 Å². The molecule has 0 aromatic heterocycles. The fourth-order valence-electron chi connectivity index (χ4n) is 2.78. The van der Waals surface area contributed by atoms with Crippen LogP contribution in [-0.2, 0) is 0 Å². The molecule has 0 saturated heterocycles. The Morgan fingerprint density at radius 1 is 0.966 bits per heavy atom. The number of anilines is 1. The van der Waals surface area contributed by atoms with E-state index in [1.165, 1.54) is 13.2 Å². The molecule has 0 aliphatic carbocycles. The second-order valence-corrected chi connectivity index (χ2v) is 7.13. The highest BCUT2D eigenvalue weighted by atomic mass is 16.5. The average Bonchev–Trinajstić information content (AvgIpc) is 2.60. The lowest BCUT2D eigenvalue weighted by Crippen LogP contribution is -2.15. The van der Waals surface area contributed by atoms with Crippen LogP contribution in [0.2, 0.25) is 0 Å². The van der Waals surface area contributed by atoms with Crippen molar-refractivity contribution in [1.82, 2.24) is 0 Å². The summed E-state index contributed by atoms with van der Waals surface area (Å²) < 4.78 is 17.1. The number of hydrogen-bond acceptors (Lipinski definition) is 5. The number of amides is 1. The number of carboxylic acids is 1. The van der Waals surface area contributed by atoms with Crippen LogP contribution in [0, 0.1) is 6.92 Å². The molecule has 2 aromatic carbocycles. The highest BCUT2D eigenvalue weighted by Gasteiger charge is 2.20. The van der Waals surface area contributed by atoms with Crippen molar-refractivity contribution in [1.29, 1.82) is 0 Å². The summed E-state index contributed by atoms with van der Waals surface area (Å²) >= 11 is 0. The maximum Gasteiger partial charge on any atom is 0.335 e. The van der Waals surface area contributed by atoms with E-state index in [9.17, 15) is 9.59 Å². The van der Waals surface area contributed by atoms with Crippen molar-refractivity contribution in [3.8, 4) is 17.2 Å². The predicted octanol–water partition coefficient (Wildman–Crippen LogP) is 4.53. The van der Waals surface area contributed by atoms with E-state index in [4.69, 9.17) is 19.3 Å². The lowest BCUT2D eigenvalue weighted by atomic mass is 10.1. The van der Waals surface area contributed by atoms with E-state index in [-0.39, 0.29) is 23.7 Å². The van der Waals surface area contributed by atoms with Gasteiger partial charge in [0.05, 0.1) is 24.9 Å². The normalized spacial score (nSPS) is 10.8. The Kier molecular flexibility index (Phi) is 7.09. The highest BCUT2D eigenvalue weighted by Crippen LogP contribution is 2.40. The van der Waals surface area contributed by atoms with Crippen LogP contribution in [-0.4, -0.2) is 36.3 Å². The second kappa shape index (κ2) is 9.32. The van der Waals surface area contributed by atoms with E-state index in [0.29, 0.717) is 34.1 Å². The Balaban J connectivity index is 2.40. The molecule has 0 heterocycles. The fourth-order valence-corrected chi connectivity index (χ4v) is 2.78. The average molecular weight is 401 g/mol. The third-order valence-corrected chi connectivity index (χ3v) is 3.93. The van der Waals surface area contributed by atoms with Crippen LogP contribution < -0.4 is 19.5 Å². The van der Waals surface area contributed by atoms with Crippen molar-refractivity contribution in [3.63, 3.8) is 0 Å². The van der Waals surface area contributed by atoms with Gasteiger partial charge in [0.15, 0.2) is 11.5 Å². The van der Waals surface area contributed by atoms with Crippen LogP contribution in [0.25, 0.3) is 0 Å². The quantitative estimate of drug-likeness (QED) is 0.675. The molecule has 0 spiro atoms. The molecule has 2 aromatic rings. The van der Waals surface area contributed by atoms with Gasteiger partial charge in [-0.15, -0.1) is 0 Å². The number of aryl methyl sites for hydroxylation is 1. The number of carbonyl (C=O) groups excluding carboxylic acids is 1. The molecule has 7 nitrogen and oxygen atoms in total. The first-order valence-corrected chi connectivity index (χ1v) is 9.33. The molecule has 2 rings (SSSR count). The van der Waals surface area contributed by atoms with E-state index >= 15 is 0 Å². The molecule has 0 unspecified atom stereocenters. The van der Waals surface area contributed by atoms with Gasteiger partial charge in [0.1, 0.15) is 0 Å². The summed E-state index contributed by atoms with van der Waals surface area (Å²) in [6.07, 6.45) is -0.249. The van der Waals surface area contributed by atoms with Crippen LogP contribution in [0.4, 0.5) is 5.69 Å². The molecule has 0 radical (unpaired) electrons. The molecule has 1 amide bonds. The Hall–Kier alpha value is -3.22. The van der Waals surface area contributed by atoms with Gasteiger partial charge in [-0.05, 0) is 70.5 Å². The molecule has 156 valence electrons. The van der Waals surface area contributed by atoms with E-state index in [1.807, 2.05) is 27.7 Å². The number of rotatable bonds is 8. The summed E-state index contributed by atoms with van der Waals surface area (Å²) in [5.74, 6) is -0.157. The first kappa shape index (κ1) is 22.1. The van der Waals surface area contributed by atoms with Gasteiger partial charge in [-0.1, -0.05) is 0 Å². The van der Waals surface area contributed by atoms with Crippen LogP contribution in [0.15, 0.2) is 30.3 Å². The first-order valence-electron chi connectivity index (χ1n) is 9.33. The molecule has 0 aliphatic rings. The third-order valence-electron chi connectivity index (χ3n) is 3.93. The molecule has 0 atom stereocenters. The summed E-state index contributed by atoms with van der Waals surface area (Å²) in [5.41, 5.74) is 1.56. The molecular weight excluding hydrogens is 374 g/mol. The number of aromatic carboxylic acids is 1. The topological polar surface area (TPSA) is 94.1 Å². The number of hydrogen-bond donors (Lipinski definition) is 2. The summed E-state index contributed by atoms with van der Waals surface area (Å²) in [5, 5.41) is 11.9. The largest absolute Gasteiger partial charge is 0.490 e. The molecule has 7 heteroatoms. The zero-order valence-corrected chi connectivity index (χ0v) is 17.5. The molecule has 2 N–H and O–H groups in total. The minimum Gasteiger partial charge on any atom is -0.490 e. The summed E-state index contributed by atoms with van der Waals surface area (Å²) in [7, 11) is 1.52. The number of carboxylic acid groups (broad SMARTS) is 1. The van der Waals surface area contributed by atoms with Gasteiger partial charge in [-0.25, -0.2) is 4.79 Å². The highest BCUT2D eigenvalue weighted by molar-refractivity contribution is 6.05. The lowest BCUT2D eigenvalue weighted by Gasteiger charge is -2.20. The van der Waals surface area contributed by atoms with Gasteiger partial charge < -0.3 is 24.6 Å². The molecule has 0 fully saturated rings. The Morgan fingerprint density at radius 2 is 1.52 bits per heavy atom. The number of methoxy groups -OCH3 is 1. The summed E-state index contributed by atoms with van der Waals surface area (Å²) in [6, 6.07) is 7.82. The van der Waals surface area contributed by atoms with E-state index < -0.39 is 5.97 Å². The molecular formula is C22H27NO6. The van der Waals surface area contributed by atoms with E-state index in [1.54, 1.807) is 31.2 Å². The molecule has 0 aliphatic heterocycles. The van der Waals surface area contributed by atoms with Crippen LogP contribution in [0.1, 0.15) is 54.0 Å².